The number of hydrogen-bond donors (Lipinski definition) is 1. The van der Waals surface area contributed by atoms with Gasteiger partial charge in [-0.3, -0.25) is 9.59 Å². The number of carbonyl (C=O) groups is 2. The fourth-order valence-corrected chi connectivity index (χ4v) is 3.29. The molecule has 1 aromatic rings. The summed E-state index contributed by atoms with van der Waals surface area (Å²) in [7, 11) is 0. The first-order chi connectivity index (χ1) is 11.1. The van der Waals surface area contributed by atoms with Gasteiger partial charge in [0.2, 0.25) is 5.91 Å². The SMILES string of the molecule is O=C1CCC(C(=O)N2CCCCC2Cc2ccc(Cl)cc2)=NN1. The van der Waals surface area contributed by atoms with Crippen LogP contribution in [0.4, 0.5) is 0 Å². The number of hydrogen-bond acceptors (Lipinski definition) is 3. The van der Waals surface area contributed by atoms with Crippen molar-refractivity contribution in [3.05, 3.63) is 34.9 Å². The Kier molecular flexibility index (Phi) is 4.96. The minimum absolute atomic E-state index is 0.0383. The standard InChI is InChI=1S/C17H20ClN3O2/c18-13-6-4-12(5-7-13)11-14-3-1-2-10-21(14)17(23)15-8-9-16(22)20-19-15/h4-7,14H,1-3,8-11H2,(H,20,22). The molecule has 2 aliphatic heterocycles. The van der Waals surface area contributed by atoms with Gasteiger partial charge in [0, 0.05) is 30.5 Å². The van der Waals surface area contributed by atoms with E-state index < -0.39 is 0 Å². The number of rotatable bonds is 3. The Morgan fingerprint density at radius 3 is 2.74 bits per heavy atom. The Morgan fingerprint density at radius 1 is 1.26 bits per heavy atom. The molecule has 1 fully saturated rings. The number of halogens is 1. The summed E-state index contributed by atoms with van der Waals surface area (Å²) in [4.78, 5) is 25.8. The second-order valence-electron chi connectivity index (χ2n) is 6.07. The molecule has 1 saturated heterocycles. The van der Waals surface area contributed by atoms with Crippen molar-refractivity contribution in [1.82, 2.24) is 10.3 Å². The van der Waals surface area contributed by atoms with Crippen LogP contribution < -0.4 is 5.43 Å². The third kappa shape index (κ3) is 3.91. The van der Waals surface area contributed by atoms with Crippen molar-refractivity contribution in [3.63, 3.8) is 0 Å². The number of nitrogens with one attached hydrogen (secondary N) is 1. The molecule has 0 spiro atoms. The molecule has 0 aliphatic carbocycles. The third-order valence-corrected chi connectivity index (χ3v) is 4.68. The van der Waals surface area contributed by atoms with Gasteiger partial charge in [0.15, 0.2) is 0 Å². The Bertz CT molecular complexity index is 627. The first kappa shape index (κ1) is 16.0. The molecule has 0 aromatic heterocycles. The first-order valence-corrected chi connectivity index (χ1v) is 8.42. The molecular formula is C17H20ClN3O2. The lowest BCUT2D eigenvalue weighted by molar-refractivity contribution is -0.127. The smallest absolute Gasteiger partial charge is 0.270 e. The summed E-state index contributed by atoms with van der Waals surface area (Å²) < 4.78 is 0. The van der Waals surface area contributed by atoms with Gasteiger partial charge in [-0.05, 0) is 43.4 Å². The van der Waals surface area contributed by atoms with Gasteiger partial charge in [0.05, 0.1) is 0 Å². The fourth-order valence-electron chi connectivity index (χ4n) is 3.17. The third-order valence-electron chi connectivity index (χ3n) is 4.42. The summed E-state index contributed by atoms with van der Waals surface area (Å²) in [5, 5.41) is 4.67. The molecule has 0 radical (unpaired) electrons. The molecule has 23 heavy (non-hydrogen) atoms. The molecule has 2 amide bonds. The van der Waals surface area contributed by atoms with Gasteiger partial charge < -0.3 is 4.90 Å². The maximum Gasteiger partial charge on any atom is 0.270 e. The molecule has 0 saturated carbocycles. The highest BCUT2D eigenvalue weighted by Gasteiger charge is 2.30. The van der Waals surface area contributed by atoms with Crippen LogP contribution in [0.3, 0.4) is 0 Å². The molecule has 1 unspecified atom stereocenters. The van der Waals surface area contributed by atoms with E-state index in [2.05, 4.69) is 10.5 Å². The Hall–Kier alpha value is -1.88. The lowest BCUT2D eigenvalue weighted by Crippen LogP contribution is -2.49. The minimum atomic E-state index is -0.127. The van der Waals surface area contributed by atoms with E-state index in [1.807, 2.05) is 29.2 Å². The predicted octanol–water partition coefficient (Wildman–Crippen LogP) is 2.53. The van der Waals surface area contributed by atoms with E-state index in [9.17, 15) is 9.59 Å². The molecule has 3 rings (SSSR count). The predicted molar refractivity (Wildman–Crippen MR) is 89.3 cm³/mol. The summed E-state index contributed by atoms with van der Waals surface area (Å²) >= 11 is 5.93. The highest BCUT2D eigenvalue weighted by Crippen LogP contribution is 2.22. The van der Waals surface area contributed by atoms with E-state index in [1.54, 1.807) is 0 Å². The number of likely N-dealkylation sites (tertiary alicyclic amines) is 1. The zero-order valence-electron chi connectivity index (χ0n) is 12.9. The fraction of sp³-hybridized carbons (Fsp3) is 0.471. The van der Waals surface area contributed by atoms with Crippen molar-refractivity contribution in [2.75, 3.05) is 6.54 Å². The number of carbonyl (C=O) groups excluding carboxylic acids is 2. The summed E-state index contributed by atoms with van der Waals surface area (Å²) in [6.45, 7) is 0.754. The normalized spacial score (nSPS) is 21.6. The van der Waals surface area contributed by atoms with Crippen LogP contribution in [0, 0.1) is 0 Å². The van der Waals surface area contributed by atoms with Gasteiger partial charge in [-0.1, -0.05) is 23.7 Å². The minimum Gasteiger partial charge on any atom is -0.334 e. The quantitative estimate of drug-likeness (QED) is 0.924. The van der Waals surface area contributed by atoms with Gasteiger partial charge in [0.25, 0.3) is 5.91 Å². The Balaban J connectivity index is 1.72. The number of hydrazone groups is 1. The molecule has 0 bridgehead atoms. The van der Waals surface area contributed by atoms with Gasteiger partial charge in [-0.2, -0.15) is 5.10 Å². The van der Waals surface area contributed by atoms with Gasteiger partial charge in [-0.25, -0.2) is 5.43 Å². The highest BCUT2D eigenvalue weighted by molar-refractivity contribution is 6.39. The van der Waals surface area contributed by atoms with Crippen LogP contribution in [0.15, 0.2) is 29.4 Å². The van der Waals surface area contributed by atoms with Crippen LogP contribution in [0.5, 0.6) is 0 Å². The molecule has 1 atom stereocenters. The lowest BCUT2D eigenvalue weighted by atomic mass is 9.94. The van der Waals surface area contributed by atoms with Gasteiger partial charge in [0.1, 0.15) is 5.71 Å². The van der Waals surface area contributed by atoms with Crippen LogP contribution in [-0.4, -0.2) is 35.0 Å². The van der Waals surface area contributed by atoms with Crippen LogP contribution in [0.2, 0.25) is 5.02 Å². The van der Waals surface area contributed by atoms with Crippen LogP contribution in [0.25, 0.3) is 0 Å². The summed E-state index contributed by atoms with van der Waals surface area (Å²) in [6.07, 6.45) is 4.72. The highest BCUT2D eigenvalue weighted by atomic mass is 35.5. The zero-order valence-corrected chi connectivity index (χ0v) is 13.7. The summed E-state index contributed by atoms with van der Waals surface area (Å²) in [6, 6.07) is 7.97. The van der Waals surface area contributed by atoms with Crippen molar-refractivity contribution < 1.29 is 9.59 Å². The largest absolute Gasteiger partial charge is 0.334 e. The maximum absolute atomic E-state index is 12.7. The van der Waals surface area contributed by atoms with E-state index in [0.717, 1.165) is 37.3 Å². The maximum atomic E-state index is 12.7. The lowest BCUT2D eigenvalue weighted by Gasteiger charge is -2.36. The Labute approximate surface area is 140 Å². The second-order valence-corrected chi connectivity index (χ2v) is 6.51. The van der Waals surface area contributed by atoms with Crippen molar-refractivity contribution in [2.45, 2.75) is 44.6 Å². The molecular weight excluding hydrogens is 314 g/mol. The number of benzene rings is 1. The first-order valence-electron chi connectivity index (χ1n) is 8.04. The Morgan fingerprint density at radius 2 is 2.04 bits per heavy atom. The molecule has 2 heterocycles. The monoisotopic (exact) mass is 333 g/mol. The molecule has 6 heteroatoms. The molecule has 5 nitrogen and oxygen atoms in total. The van der Waals surface area contributed by atoms with Crippen LogP contribution in [0.1, 0.15) is 37.7 Å². The molecule has 1 N–H and O–H groups in total. The van der Waals surface area contributed by atoms with E-state index in [4.69, 9.17) is 11.6 Å². The zero-order chi connectivity index (χ0) is 16.2. The average Bonchev–Trinajstić information content (AvgIpc) is 2.57. The van der Waals surface area contributed by atoms with E-state index in [0.29, 0.717) is 18.6 Å². The van der Waals surface area contributed by atoms with Gasteiger partial charge in [-0.15, -0.1) is 0 Å². The van der Waals surface area contributed by atoms with E-state index in [-0.39, 0.29) is 17.9 Å². The number of piperidine rings is 1. The summed E-state index contributed by atoms with van der Waals surface area (Å²) in [5.74, 6) is -0.165. The van der Waals surface area contributed by atoms with E-state index in [1.165, 1.54) is 5.56 Å². The van der Waals surface area contributed by atoms with Crippen LogP contribution in [-0.2, 0) is 16.0 Å². The average molecular weight is 334 g/mol. The molecule has 2 aliphatic rings. The van der Waals surface area contributed by atoms with Gasteiger partial charge >= 0.3 is 0 Å². The summed E-state index contributed by atoms with van der Waals surface area (Å²) in [5.41, 5.74) is 4.05. The topological polar surface area (TPSA) is 61.8 Å². The van der Waals surface area contributed by atoms with Crippen molar-refractivity contribution in [3.8, 4) is 0 Å². The van der Waals surface area contributed by atoms with Crippen LogP contribution >= 0.6 is 11.6 Å². The van der Waals surface area contributed by atoms with E-state index >= 15 is 0 Å². The second kappa shape index (κ2) is 7.13. The molecule has 122 valence electrons. The van der Waals surface area contributed by atoms with Crippen molar-refractivity contribution in [2.24, 2.45) is 5.10 Å². The number of amides is 2. The number of nitrogens with zero attached hydrogens (tertiary/aromatic N) is 2. The van der Waals surface area contributed by atoms with Crippen molar-refractivity contribution >= 4 is 29.1 Å². The van der Waals surface area contributed by atoms with Crippen molar-refractivity contribution in [1.29, 1.82) is 0 Å². The molecule has 1 aromatic carbocycles.